The van der Waals surface area contributed by atoms with E-state index < -0.39 is 25.2 Å². The van der Waals surface area contributed by atoms with E-state index in [0.29, 0.717) is 0 Å². The monoisotopic (exact) mass is 364 g/mol. The molecule has 0 aliphatic heterocycles. The molecule has 0 rings (SSSR count). The Hall–Kier alpha value is 0.491. The molecule has 0 aromatic heterocycles. The average molecular weight is 365 g/mol. The zero-order valence-electron chi connectivity index (χ0n) is 15.8. The predicted octanol–water partition coefficient (Wildman–Crippen LogP) is 4.00. The van der Waals surface area contributed by atoms with E-state index in [2.05, 4.69) is 39.7 Å². The SMILES string of the molecule is CCCC[Si](C)(C)O[Si](C)(CCCN)O[Si](C)(C)CCCN. The first kappa shape index (κ1) is 22.5. The largest absolute Gasteiger partial charge is 0.436 e. The summed E-state index contributed by atoms with van der Waals surface area (Å²) in [5.74, 6) is 0. The van der Waals surface area contributed by atoms with E-state index in [4.69, 9.17) is 19.7 Å². The van der Waals surface area contributed by atoms with E-state index in [0.717, 1.165) is 38.0 Å². The van der Waals surface area contributed by atoms with E-state index >= 15 is 0 Å². The van der Waals surface area contributed by atoms with Crippen molar-refractivity contribution in [3.05, 3.63) is 0 Å². The van der Waals surface area contributed by atoms with Crippen LogP contribution in [0.2, 0.25) is 50.9 Å². The van der Waals surface area contributed by atoms with Crippen molar-refractivity contribution in [2.24, 2.45) is 11.5 Å². The lowest BCUT2D eigenvalue weighted by Crippen LogP contribution is -2.54. The third-order valence-corrected chi connectivity index (χ3v) is 16.2. The van der Waals surface area contributed by atoms with Gasteiger partial charge in [-0.25, -0.2) is 0 Å². The van der Waals surface area contributed by atoms with Crippen molar-refractivity contribution in [3.63, 3.8) is 0 Å². The Balaban J connectivity index is 4.89. The van der Waals surface area contributed by atoms with Crippen LogP contribution in [-0.2, 0) is 8.23 Å². The Labute approximate surface area is 141 Å². The second kappa shape index (κ2) is 10.4. The maximum atomic E-state index is 6.75. The van der Waals surface area contributed by atoms with E-state index in [1.165, 1.54) is 18.9 Å². The lowest BCUT2D eigenvalue weighted by Gasteiger charge is -2.41. The molecule has 0 aromatic carbocycles. The molecule has 0 saturated heterocycles. The van der Waals surface area contributed by atoms with Gasteiger partial charge in [0, 0.05) is 0 Å². The summed E-state index contributed by atoms with van der Waals surface area (Å²) in [7, 11) is -5.49. The minimum atomic E-state index is -2.14. The molecule has 4 nitrogen and oxygen atoms in total. The van der Waals surface area contributed by atoms with Gasteiger partial charge in [-0.1, -0.05) is 19.8 Å². The zero-order chi connectivity index (χ0) is 17.3. The highest BCUT2D eigenvalue weighted by Crippen LogP contribution is 2.29. The van der Waals surface area contributed by atoms with Crippen molar-refractivity contribution in [1.82, 2.24) is 0 Å². The zero-order valence-corrected chi connectivity index (χ0v) is 18.8. The fourth-order valence-corrected chi connectivity index (χ4v) is 17.6. The molecule has 0 fully saturated rings. The summed E-state index contributed by atoms with van der Waals surface area (Å²) < 4.78 is 13.5. The maximum absolute atomic E-state index is 6.75. The molecule has 0 aromatic rings. The highest BCUT2D eigenvalue weighted by Gasteiger charge is 2.42. The predicted molar refractivity (Wildman–Crippen MR) is 105 cm³/mol. The van der Waals surface area contributed by atoms with Gasteiger partial charge in [0.2, 0.25) is 0 Å². The van der Waals surface area contributed by atoms with Gasteiger partial charge in [-0.15, -0.1) is 0 Å². The maximum Gasteiger partial charge on any atom is 0.314 e. The van der Waals surface area contributed by atoms with Gasteiger partial charge >= 0.3 is 8.56 Å². The summed E-state index contributed by atoms with van der Waals surface area (Å²) in [6.45, 7) is 15.3. The molecule has 4 N–H and O–H groups in total. The summed E-state index contributed by atoms with van der Waals surface area (Å²) in [5.41, 5.74) is 11.4. The minimum absolute atomic E-state index is 0.719. The molecule has 0 aliphatic rings. The summed E-state index contributed by atoms with van der Waals surface area (Å²) >= 11 is 0. The Morgan fingerprint density at radius 3 is 1.50 bits per heavy atom. The van der Waals surface area contributed by atoms with Crippen LogP contribution in [0.3, 0.4) is 0 Å². The fourth-order valence-electron chi connectivity index (χ4n) is 2.95. The van der Waals surface area contributed by atoms with Crippen LogP contribution < -0.4 is 11.5 Å². The van der Waals surface area contributed by atoms with E-state index in [-0.39, 0.29) is 0 Å². The number of hydrogen-bond acceptors (Lipinski definition) is 4. The Bertz CT molecular complexity index is 281. The molecule has 134 valence electrons. The molecular formula is C15H40N2O2Si3. The molecule has 0 spiro atoms. The second-order valence-corrected chi connectivity index (χ2v) is 20.2. The normalized spacial score (nSPS) is 15.8. The first-order valence-electron chi connectivity index (χ1n) is 8.90. The molecule has 0 bridgehead atoms. The lowest BCUT2D eigenvalue weighted by atomic mass is 10.4. The summed E-state index contributed by atoms with van der Waals surface area (Å²) in [5, 5.41) is 0. The van der Waals surface area contributed by atoms with Gasteiger partial charge in [-0.3, -0.25) is 0 Å². The molecule has 0 aliphatic carbocycles. The number of hydrogen-bond donors (Lipinski definition) is 2. The van der Waals surface area contributed by atoms with Gasteiger partial charge in [0.05, 0.1) is 0 Å². The van der Waals surface area contributed by atoms with E-state index in [1.54, 1.807) is 0 Å². The topological polar surface area (TPSA) is 70.5 Å². The van der Waals surface area contributed by atoms with Crippen LogP contribution in [0.4, 0.5) is 0 Å². The third kappa shape index (κ3) is 10.3. The molecule has 1 atom stereocenters. The van der Waals surface area contributed by atoms with E-state index in [9.17, 15) is 0 Å². The highest BCUT2D eigenvalue weighted by molar-refractivity contribution is 6.88. The first-order valence-corrected chi connectivity index (χ1v) is 17.7. The van der Waals surface area contributed by atoms with E-state index in [1.807, 2.05) is 0 Å². The Morgan fingerprint density at radius 2 is 1.09 bits per heavy atom. The van der Waals surface area contributed by atoms with Crippen LogP contribution in [0, 0.1) is 0 Å². The Kier molecular flexibility index (Phi) is 10.6. The molecule has 7 heteroatoms. The number of rotatable bonds is 13. The fraction of sp³-hybridized carbons (Fsp3) is 1.00. The summed E-state index contributed by atoms with van der Waals surface area (Å²) in [6, 6.07) is 3.36. The Morgan fingerprint density at radius 1 is 0.682 bits per heavy atom. The van der Waals surface area contributed by atoms with Crippen molar-refractivity contribution < 1.29 is 8.23 Å². The summed E-state index contributed by atoms with van der Waals surface area (Å²) in [6.07, 6.45) is 4.55. The first-order chi connectivity index (χ1) is 10.1. The third-order valence-electron chi connectivity index (χ3n) is 3.93. The van der Waals surface area contributed by atoms with Gasteiger partial charge in [0.1, 0.15) is 0 Å². The molecule has 22 heavy (non-hydrogen) atoms. The van der Waals surface area contributed by atoms with Crippen LogP contribution in [0.1, 0.15) is 32.6 Å². The lowest BCUT2D eigenvalue weighted by molar-refractivity contribution is 0.374. The van der Waals surface area contributed by atoms with Gasteiger partial charge in [0.15, 0.2) is 16.6 Å². The quantitative estimate of drug-likeness (QED) is 0.485. The second-order valence-electron chi connectivity index (χ2n) is 7.75. The van der Waals surface area contributed by atoms with Crippen molar-refractivity contribution >= 4 is 25.2 Å². The van der Waals surface area contributed by atoms with Crippen LogP contribution in [0.5, 0.6) is 0 Å². The van der Waals surface area contributed by atoms with Gasteiger partial charge < -0.3 is 19.7 Å². The molecule has 0 heterocycles. The molecular weight excluding hydrogens is 324 g/mol. The van der Waals surface area contributed by atoms with Gasteiger partial charge in [0.25, 0.3) is 0 Å². The summed E-state index contributed by atoms with van der Waals surface area (Å²) in [4.78, 5) is 0. The van der Waals surface area contributed by atoms with Crippen LogP contribution in [0.25, 0.3) is 0 Å². The van der Waals surface area contributed by atoms with Crippen LogP contribution >= 0.6 is 0 Å². The van der Waals surface area contributed by atoms with Crippen LogP contribution in [0.15, 0.2) is 0 Å². The molecule has 0 radical (unpaired) electrons. The smallest absolute Gasteiger partial charge is 0.314 e. The standard InChI is InChI=1S/C15H40N2O2Si3/c1-7-8-13-20(2,3)18-22(6,15-10-12-17)19-21(4,5)14-9-11-16/h7-17H2,1-6H3. The van der Waals surface area contributed by atoms with Crippen molar-refractivity contribution in [2.45, 2.75) is 83.5 Å². The van der Waals surface area contributed by atoms with Gasteiger partial charge in [-0.05, 0) is 76.8 Å². The van der Waals surface area contributed by atoms with Crippen LogP contribution in [-0.4, -0.2) is 38.3 Å². The highest BCUT2D eigenvalue weighted by atomic mass is 28.5. The van der Waals surface area contributed by atoms with Crippen molar-refractivity contribution in [2.75, 3.05) is 13.1 Å². The average Bonchev–Trinajstić information content (AvgIpc) is 2.39. The number of nitrogens with two attached hydrogens (primary N) is 2. The molecule has 1 unspecified atom stereocenters. The molecule has 0 amide bonds. The number of unbranched alkanes of at least 4 members (excludes halogenated alkanes) is 1. The minimum Gasteiger partial charge on any atom is -0.436 e. The van der Waals surface area contributed by atoms with Crippen molar-refractivity contribution in [1.29, 1.82) is 0 Å². The van der Waals surface area contributed by atoms with Crippen molar-refractivity contribution in [3.8, 4) is 0 Å². The molecule has 0 saturated carbocycles. The van der Waals surface area contributed by atoms with Gasteiger partial charge in [-0.2, -0.15) is 0 Å².